The molecule has 2 aromatic heterocycles. The van der Waals surface area contributed by atoms with Crippen LogP contribution in [0.4, 0.5) is 5.13 Å². The van der Waals surface area contributed by atoms with E-state index in [0.717, 1.165) is 43.5 Å². The maximum atomic E-state index is 4.71. The first kappa shape index (κ1) is 16.5. The maximum Gasteiger partial charge on any atom is 0.185 e. The second-order valence-electron chi connectivity index (χ2n) is 6.19. The van der Waals surface area contributed by atoms with Crippen molar-refractivity contribution in [1.29, 1.82) is 0 Å². The molecule has 3 rings (SSSR count). The second kappa shape index (κ2) is 7.45. The van der Waals surface area contributed by atoms with Crippen molar-refractivity contribution in [2.75, 3.05) is 24.5 Å². The van der Waals surface area contributed by atoms with Crippen LogP contribution in [-0.2, 0) is 13.1 Å². The summed E-state index contributed by atoms with van der Waals surface area (Å²) in [6.45, 7) is 11.5. The molecule has 1 N–H and O–H groups in total. The normalized spacial score (nSPS) is 17.3. The first-order valence-electron chi connectivity index (χ1n) is 8.65. The first-order chi connectivity index (χ1) is 11.2. The van der Waals surface area contributed by atoms with Crippen LogP contribution in [0.3, 0.4) is 0 Å². The van der Waals surface area contributed by atoms with Crippen LogP contribution in [0.2, 0.25) is 0 Å². The Bertz CT molecular complexity index is 629. The third-order valence-electron chi connectivity index (χ3n) is 4.51. The molecule has 1 atom stereocenters. The molecule has 0 fully saturated rings. The highest BCUT2D eigenvalue weighted by atomic mass is 32.1. The number of hydrogen-bond acceptors (Lipinski definition) is 5. The van der Waals surface area contributed by atoms with Crippen molar-refractivity contribution in [3.05, 3.63) is 28.8 Å². The van der Waals surface area contributed by atoms with Gasteiger partial charge in [-0.25, -0.2) is 9.97 Å². The lowest BCUT2D eigenvalue weighted by molar-refractivity contribution is 0.423. The van der Waals surface area contributed by atoms with E-state index in [1.54, 1.807) is 11.3 Å². The summed E-state index contributed by atoms with van der Waals surface area (Å²) >= 11 is 1.80. The second-order valence-corrected chi connectivity index (χ2v) is 7.28. The van der Waals surface area contributed by atoms with Gasteiger partial charge >= 0.3 is 0 Å². The highest BCUT2D eigenvalue weighted by Gasteiger charge is 2.22. The van der Waals surface area contributed by atoms with Gasteiger partial charge in [-0.15, -0.1) is 11.3 Å². The summed E-state index contributed by atoms with van der Waals surface area (Å²) in [5.41, 5.74) is 1.14. The minimum absolute atomic E-state index is 0.535. The number of hydrogen-bond donors (Lipinski definition) is 1. The zero-order valence-electron chi connectivity index (χ0n) is 14.4. The van der Waals surface area contributed by atoms with Crippen molar-refractivity contribution in [1.82, 2.24) is 19.9 Å². The molecule has 0 aliphatic carbocycles. The van der Waals surface area contributed by atoms with E-state index >= 15 is 0 Å². The summed E-state index contributed by atoms with van der Waals surface area (Å²) in [6.07, 6.45) is 6.68. The molecule has 23 heavy (non-hydrogen) atoms. The topological polar surface area (TPSA) is 46.0 Å². The van der Waals surface area contributed by atoms with Gasteiger partial charge in [0.05, 0.1) is 5.69 Å². The Kier molecular flexibility index (Phi) is 5.33. The molecule has 1 aliphatic rings. The standard InChI is InChI=1S/C17H27N5S/c1-4-21(5-2)17-19-11-15(23-17)10-18-9-14-7-6-8-22-12-13(3)20-16(14)22/h11-12,14,18H,4-10H2,1-3H3/t14-/m1/s1. The van der Waals surface area contributed by atoms with Crippen LogP contribution in [0.25, 0.3) is 0 Å². The molecule has 6 heteroatoms. The molecule has 2 aromatic rings. The molecule has 0 bridgehead atoms. The number of imidazole rings is 1. The molecule has 0 spiro atoms. The molecule has 0 unspecified atom stereocenters. The lowest BCUT2D eigenvalue weighted by Crippen LogP contribution is -2.26. The third kappa shape index (κ3) is 3.75. The molecule has 5 nitrogen and oxygen atoms in total. The summed E-state index contributed by atoms with van der Waals surface area (Å²) in [6, 6.07) is 0. The molecule has 0 aromatic carbocycles. The Labute approximate surface area is 142 Å². The number of fused-ring (bicyclic) bond motifs is 1. The van der Waals surface area contributed by atoms with Gasteiger partial charge in [0, 0.05) is 55.9 Å². The average molecular weight is 334 g/mol. The van der Waals surface area contributed by atoms with Gasteiger partial charge in [0.15, 0.2) is 5.13 Å². The highest BCUT2D eigenvalue weighted by Crippen LogP contribution is 2.26. The smallest absolute Gasteiger partial charge is 0.185 e. The minimum atomic E-state index is 0.535. The number of rotatable bonds is 7. The summed E-state index contributed by atoms with van der Waals surface area (Å²) in [5.74, 6) is 1.79. The number of anilines is 1. The summed E-state index contributed by atoms with van der Waals surface area (Å²) < 4.78 is 2.33. The quantitative estimate of drug-likeness (QED) is 0.845. The third-order valence-corrected chi connectivity index (χ3v) is 5.57. The predicted molar refractivity (Wildman–Crippen MR) is 96.3 cm³/mol. The Morgan fingerprint density at radius 1 is 1.39 bits per heavy atom. The van der Waals surface area contributed by atoms with E-state index in [1.165, 1.54) is 23.5 Å². The van der Waals surface area contributed by atoms with Crippen LogP contribution in [-0.4, -0.2) is 34.2 Å². The number of aromatic nitrogens is 3. The van der Waals surface area contributed by atoms with Crippen molar-refractivity contribution in [3.8, 4) is 0 Å². The largest absolute Gasteiger partial charge is 0.349 e. The number of thiazole rings is 1. The van der Waals surface area contributed by atoms with E-state index < -0.39 is 0 Å². The zero-order valence-corrected chi connectivity index (χ0v) is 15.2. The molecule has 126 valence electrons. The molecular formula is C17H27N5S. The monoisotopic (exact) mass is 333 g/mol. The van der Waals surface area contributed by atoms with E-state index in [2.05, 4.69) is 46.7 Å². The zero-order chi connectivity index (χ0) is 16.2. The van der Waals surface area contributed by atoms with Gasteiger partial charge in [-0.05, 0) is 33.6 Å². The van der Waals surface area contributed by atoms with Crippen LogP contribution >= 0.6 is 11.3 Å². The SMILES string of the molecule is CCN(CC)c1ncc(CNC[C@H]2CCCn3cc(C)nc32)s1. The Hall–Kier alpha value is -1.40. The Morgan fingerprint density at radius 3 is 3.00 bits per heavy atom. The lowest BCUT2D eigenvalue weighted by Gasteiger charge is -2.23. The fraction of sp³-hybridized carbons (Fsp3) is 0.647. The fourth-order valence-electron chi connectivity index (χ4n) is 3.29. The van der Waals surface area contributed by atoms with Gasteiger partial charge in [-0.2, -0.15) is 0 Å². The van der Waals surface area contributed by atoms with Gasteiger partial charge in [0.2, 0.25) is 0 Å². The first-order valence-corrected chi connectivity index (χ1v) is 9.47. The fourth-order valence-corrected chi connectivity index (χ4v) is 4.30. The average Bonchev–Trinajstić information content (AvgIpc) is 3.15. The Balaban J connectivity index is 1.54. The van der Waals surface area contributed by atoms with Crippen LogP contribution in [0.1, 0.15) is 49.0 Å². The van der Waals surface area contributed by atoms with E-state index in [-0.39, 0.29) is 0 Å². The van der Waals surface area contributed by atoms with Gasteiger partial charge in [0.25, 0.3) is 0 Å². The number of nitrogens with zero attached hydrogens (tertiary/aromatic N) is 4. The molecule has 0 amide bonds. The molecular weight excluding hydrogens is 306 g/mol. The van der Waals surface area contributed by atoms with E-state index in [9.17, 15) is 0 Å². The summed E-state index contributed by atoms with van der Waals surface area (Å²) in [7, 11) is 0. The minimum Gasteiger partial charge on any atom is -0.349 e. The van der Waals surface area contributed by atoms with E-state index in [4.69, 9.17) is 4.98 Å². The van der Waals surface area contributed by atoms with Crippen molar-refractivity contribution >= 4 is 16.5 Å². The molecule has 3 heterocycles. The van der Waals surface area contributed by atoms with Gasteiger partial charge in [-0.3, -0.25) is 0 Å². The van der Waals surface area contributed by atoms with Gasteiger partial charge < -0.3 is 14.8 Å². The van der Waals surface area contributed by atoms with Crippen molar-refractivity contribution in [2.24, 2.45) is 0 Å². The van der Waals surface area contributed by atoms with Crippen LogP contribution in [0.15, 0.2) is 12.4 Å². The van der Waals surface area contributed by atoms with Crippen LogP contribution in [0.5, 0.6) is 0 Å². The van der Waals surface area contributed by atoms with Crippen molar-refractivity contribution < 1.29 is 0 Å². The van der Waals surface area contributed by atoms with Gasteiger partial charge in [-0.1, -0.05) is 0 Å². The van der Waals surface area contributed by atoms with Gasteiger partial charge in [0.1, 0.15) is 5.82 Å². The lowest BCUT2D eigenvalue weighted by atomic mass is 9.99. The highest BCUT2D eigenvalue weighted by molar-refractivity contribution is 7.15. The molecule has 0 saturated carbocycles. The van der Waals surface area contributed by atoms with E-state index in [1.807, 2.05) is 6.20 Å². The number of aryl methyl sites for hydroxylation is 2. The molecule has 0 saturated heterocycles. The van der Waals surface area contributed by atoms with Crippen molar-refractivity contribution in [3.63, 3.8) is 0 Å². The summed E-state index contributed by atoms with van der Waals surface area (Å²) in [4.78, 5) is 12.9. The predicted octanol–water partition coefficient (Wildman–Crippen LogP) is 3.16. The van der Waals surface area contributed by atoms with Crippen LogP contribution < -0.4 is 10.2 Å². The Morgan fingerprint density at radius 2 is 2.22 bits per heavy atom. The van der Waals surface area contributed by atoms with Crippen molar-refractivity contribution in [2.45, 2.75) is 52.6 Å². The maximum absolute atomic E-state index is 4.71. The molecule has 0 radical (unpaired) electrons. The van der Waals surface area contributed by atoms with Crippen LogP contribution in [0, 0.1) is 6.92 Å². The van der Waals surface area contributed by atoms with E-state index in [0.29, 0.717) is 5.92 Å². The summed E-state index contributed by atoms with van der Waals surface area (Å²) in [5, 5.41) is 4.74. The molecule has 1 aliphatic heterocycles. The number of nitrogens with one attached hydrogen (secondary N) is 1.